The number of rotatable bonds is 6. The minimum Gasteiger partial charge on any atom is -0.345 e. The Morgan fingerprint density at radius 3 is 2.50 bits per heavy atom. The number of nitrogens with one attached hydrogen (secondary N) is 1. The third-order valence-electron chi connectivity index (χ3n) is 6.22. The quantitative estimate of drug-likeness (QED) is 0.382. The molecule has 1 saturated carbocycles. The fraction of sp³-hybridized carbons (Fsp3) is 0.346. The van der Waals surface area contributed by atoms with Gasteiger partial charge in [-0.3, -0.25) is 0 Å². The summed E-state index contributed by atoms with van der Waals surface area (Å²) in [6.07, 6.45) is 2.35. The van der Waals surface area contributed by atoms with Crippen LogP contribution in [-0.4, -0.2) is 21.5 Å². The zero-order valence-electron chi connectivity index (χ0n) is 18.7. The first-order chi connectivity index (χ1) is 16.3. The first-order valence-corrected chi connectivity index (χ1v) is 11.4. The van der Waals surface area contributed by atoms with Gasteiger partial charge in [-0.05, 0) is 60.9 Å². The fourth-order valence-corrected chi connectivity index (χ4v) is 4.49. The Morgan fingerprint density at radius 2 is 1.76 bits per heavy atom. The molecule has 1 aliphatic rings. The van der Waals surface area contributed by atoms with Gasteiger partial charge in [-0.15, -0.1) is 0 Å². The molecule has 2 aromatic carbocycles. The number of alkyl halides is 3. The van der Waals surface area contributed by atoms with E-state index < -0.39 is 17.6 Å². The Labute approximate surface area is 196 Å². The zero-order chi connectivity index (χ0) is 24.1. The molecule has 1 N–H and O–H groups in total. The summed E-state index contributed by atoms with van der Waals surface area (Å²) in [6.45, 7) is 0.564. The Hall–Kier alpha value is -3.29. The van der Waals surface area contributed by atoms with E-state index in [1.165, 1.54) is 24.3 Å². The minimum absolute atomic E-state index is 0.0409. The van der Waals surface area contributed by atoms with Crippen LogP contribution < -0.4 is 5.32 Å². The van der Waals surface area contributed by atoms with Gasteiger partial charge in [0.25, 0.3) is 0 Å². The molecule has 0 spiro atoms. The molecule has 180 valence electrons. The highest BCUT2D eigenvalue weighted by atomic mass is 19.4. The van der Waals surface area contributed by atoms with Crippen LogP contribution in [0.1, 0.15) is 48.9 Å². The third kappa shape index (κ3) is 5.98. The van der Waals surface area contributed by atoms with E-state index >= 15 is 0 Å². The lowest BCUT2D eigenvalue weighted by atomic mass is 9.94. The van der Waals surface area contributed by atoms with Gasteiger partial charge in [-0.25, -0.2) is 9.18 Å². The van der Waals surface area contributed by atoms with Crippen LogP contribution >= 0.6 is 0 Å². The van der Waals surface area contributed by atoms with Gasteiger partial charge in [0.2, 0.25) is 0 Å². The van der Waals surface area contributed by atoms with Crippen molar-refractivity contribution >= 4 is 11.7 Å². The average Bonchev–Trinajstić information content (AvgIpc) is 3.24. The highest BCUT2D eigenvalue weighted by Gasteiger charge is 2.30. The molecule has 0 saturated heterocycles. The molecule has 0 bridgehead atoms. The van der Waals surface area contributed by atoms with E-state index in [1.54, 1.807) is 23.2 Å². The Balaban J connectivity index is 1.54. The van der Waals surface area contributed by atoms with Gasteiger partial charge in [-0.1, -0.05) is 37.5 Å². The second-order valence-corrected chi connectivity index (χ2v) is 8.69. The van der Waals surface area contributed by atoms with Crippen LogP contribution in [0.15, 0.2) is 66.9 Å². The summed E-state index contributed by atoms with van der Waals surface area (Å²) in [5, 5.41) is 2.80. The minimum atomic E-state index is -4.40. The Kier molecular flexibility index (Phi) is 7.24. The standard InChI is InChI=1S/C26H27F4N3O/c27-21-9-5-10-22(16-21)31-25(34)33(23-11-2-1-3-12-23)18-24-13-6-14-32(24)17-19-7-4-8-20(15-19)26(28,29)30/h4-10,13-16,23H,1-3,11-12,17-18H2,(H,31,34). The molecule has 1 aromatic heterocycles. The maximum atomic E-state index is 13.6. The smallest absolute Gasteiger partial charge is 0.345 e. The van der Waals surface area contributed by atoms with Crippen LogP contribution in [0.2, 0.25) is 0 Å². The van der Waals surface area contributed by atoms with Gasteiger partial charge in [0.15, 0.2) is 0 Å². The SMILES string of the molecule is O=C(Nc1cccc(F)c1)N(Cc1cccn1Cc1cccc(C(F)(F)F)c1)C1CCCCC1. The number of anilines is 1. The molecule has 0 unspecified atom stereocenters. The van der Waals surface area contributed by atoms with Crippen molar-refractivity contribution in [2.75, 3.05) is 5.32 Å². The molecule has 4 nitrogen and oxygen atoms in total. The van der Waals surface area contributed by atoms with Crippen LogP contribution in [0, 0.1) is 5.82 Å². The number of urea groups is 1. The van der Waals surface area contributed by atoms with E-state index in [0.29, 0.717) is 17.8 Å². The summed E-state index contributed by atoms with van der Waals surface area (Å²) >= 11 is 0. The predicted molar refractivity (Wildman–Crippen MR) is 123 cm³/mol. The van der Waals surface area contributed by atoms with Gasteiger partial charge in [0.05, 0.1) is 12.1 Å². The summed E-state index contributed by atoms with van der Waals surface area (Å²) in [4.78, 5) is 15.0. The molecular formula is C26H27F4N3O. The van der Waals surface area contributed by atoms with Gasteiger partial charge in [0.1, 0.15) is 5.82 Å². The molecule has 34 heavy (non-hydrogen) atoms. The maximum absolute atomic E-state index is 13.6. The van der Waals surface area contributed by atoms with Crippen molar-refractivity contribution in [3.05, 3.63) is 89.5 Å². The highest BCUT2D eigenvalue weighted by Crippen LogP contribution is 2.30. The van der Waals surface area contributed by atoms with Crippen molar-refractivity contribution in [1.82, 2.24) is 9.47 Å². The first kappa shape index (κ1) is 23.9. The van der Waals surface area contributed by atoms with Crippen molar-refractivity contribution in [2.24, 2.45) is 0 Å². The van der Waals surface area contributed by atoms with Gasteiger partial charge in [0, 0.05) is 30.2 Å². The number of carbonyl (C=O) groups excluding carboxylic acids is 1. The molecule has 0 atom stereocenters. The number of halogens is 4. The molecule has 0 aliphatic heterocycles. The van der Waals surface area contributed by atoms with E-state index in [-0.39, 0.29) is 18.6 Å². The van der Waals surface area contributed by atoms with Crippen molar-refractivity contribution in [3.63, 3.8) is 0 Å². The van der Waals surface area contributed by atoms with E-state index in [0.717, 1.165) is 49.9 Å². The second-order valence-electron chi connectivity index (χ2n) is 8.69. The topological polar surface area (TPSA) is 37.3 Å². The van der Waals surface area contributed by atoms with Crippen molar-refractivity contribution in [3.8, 4) is 0 Å². The molecule has 4 rings (SSSR count). The van der Waals surface area contributed by atoms with Crippen LogP contribution in [0.4, 0.5) is 28.0 Å². The highest BCUT2D eigenvalue weighted by molar-refractivity contribution is 5.89. The van der Waals surface area contributed by atoms with E-state index in [2.05, 4.69) is 5.32 Å². The lowest BCUT2D eigenvalue weighted by molar-refractivity contribution is -0.137. The summed E-state index contributed by atoms with van der Waals surface area (Å²) in [5.41, 5.74) is 1.04. The lowest BCUT2D eigenvalue weighted by Crippen LogP contribution is -2.43. The van der Waals surface area contributed by atoms with Crippen molar-refractivity contribution < 1.29 is 22.4 Å². The van der Waals surface area contributed by atoms with Crippen molar-refractivity contribution in [1.29, 1.82) is 0 Å². The summed E-state index contributed by atoms with van der Waals surface area (Å²) < 4.78 is 54.8. The fourth-order valence-electron chi connectivity index (χ4n) is 4.49. The number of benzene rings is 2. The average molecular weight is 474 g/mol. The van der Waals surface area contributed by atoms with Crippen molar-refractivity contribution in [2.45, 2.75) is 57.4 Å². The Morgan fingerprint density at radius 1 is 1.00 bits per heavy atom. The van der Waals surface area contributed by atoms with E-state index in [4.69, 9.17) is 0 Å². The molecule has 3 aromatic rings. The van der Waals surface area contributed by atoms with Crippen LogP contribution in [-0.2, 0) is 19.3 Å². The first-order valence-electron chi connectivity index (χ1n) is 11.4. The zero-order valence-corrected chi connectivity index (χ0v) is 18.7. The number of carbonyl (C=O) groups is 1. The normalized spacial score (nSPS) is 14.7. The van der Waals surface area contributed by atoms with E-state index in [1.807, 2.05) is 16.7 Å². The molecule has 1 fully saturated rings. The van der Waals surface area contributed by atoms with Gasteiger partial charge < -0.3 is 14.8 Å². The predicted octanol–water partition coefficient (Wildman–Crippen LogP) is 7.06. The Bertz CT molecular complexity index is 1120. The number of nitrogens with zero attached hydrogens (tertiary/aromatic N) is 2. The molecule has 0 radical (unpaired) electrons. The number of amides is 2. The molecule has 1 heterocycles. The number of hydrogen-bond acceptors (Lipinski definition) is 1. The number of aromatic nitrogens is 1. The van der Waals surface area contributed by atoms with Crippen LogP contribution in [0.25, 0.3) is 0 Å². The summed E-state index contributed by atoms with van der Waals surface area (Å²) in [6, 6.07) is 14.5. The molecule has 8 heteroatoms. The third-order valence-corrected chi connectivity index (χ3v) is 6.22. The lowest BCUT2D eigenvalue weighted by Gasteiger charge is -2.34. The van der Waals surface area contributed by atoms with Gasteiger partial charge in [-0.2, -0.15) is 13.2 Å². The monoisotopic (exact) mass is 473 g/mol. The van der Waals surface area contributed by atoms with Crippen LogP contribution in [0.5, 0.6) is 0 Å². The van der Waals surface area contributed by atoms with E-state index in [9.17, 15) is 22.4 Å². The summed E-state index contributed by atoms with van der Waals surface area (Å²) in [7, 11) is 0. The van der Waals surface area contributed by atoms with Crippen LogP contribution in [0.3, 0.4) is 0 Å². The van der Waals surface area contributed by atoms with Gasteiger partial charge >= 0.3 is 12.2 Å². The molecule has 2 amide bonds. The molecular weight excluding hydrogens is 446 g/mol. The summed E-state index contributed by atoms with van der Waals surface area (Å²) in [5.74, 6) is -0.433. The molecule has 1 aliphatic carbocycles. The maximum Gasteiger partial charge on any atom is 0.416 e. The second kappa shape index (κ2) is 10.3. The largest absolute Gasteiger partial charge is 0.416 e. The number of hydrogen-bond donors (Lipinski definition) is 1.